The number of nitrogens with zero attached hydrogens (tertiary/aromatic N) is 2. The molecular formula is C22H21N3O3S2. The van der Waals surface area contributed by atoms with Crippen molar-refractivity contribution in [2.24, 2.45) is 5.10 Å². The topological polar surface area (TPSA) is 78.8 Å². The first-order valence-corrected chi connectivity index (χ1v) is 12.2. The number of amides is 1. The van der Waals surface area contributed by atoms with Gasteiger partial charge in [-0.15, -0.1) is 11.3 Å². The van der Waals surface area contributed by atoms with Crippen LogP contribution in [0.4, 0.5) is 5.69 Å². The Morgan fingerprint density at radius 2 is 1.83 bits per heavy atom. The zero-order chi connectivity index (χ0) is 21.3. The normalized spacial score (nSPS) is 16.4. The van der Waals surface area contributed by atoms with E-state index in [1.54, 1.807) is 18.2 Å². The van der Waals surface area contributed by atoms with E-state index in [0.717, 1.165) is 23.1 Å². The highest BCUT2D eigenvalue weighted by Crippen LogP contribution is 2.38. The summed E-state index contributed by atoms with van der Waals surface area (Å²) < 4.78 is 26.3. The van der Waals surface area contributed by atoms with Crippen LogP contribution in [0, 0.1) is 6.92 Å². The minimum atomic E-state index is -3.47. The van der Waals surface area contributed by atoms with Crippen LogP contribution in [0.1, 0.15) is 38.8 Å². The first kappa shape index (κ1) is 20.3. The molecule has 2 aromatic carbocycles. The predicted octanol–water partition coefficient (Wildman–Crippen LogP) is 4.42. The van der Waals surface area contributed by atoms with Crippen molar-refractivity contribution in [3.8, 4) is 0 Å². The fraction of sp³-hybridized carbons (Fsp3) is 0.182. The van der Waals surface area contributed by atoms with Gasteiger partial charge in [0, 0.05) is 17.5 Å². The molecule has 0 bridgehead atoms. The Morgan fingerprint density at radius 1 is 1.10 bits per heavy atom. The number of anilines is 1. The number of carbonyl (C=O) groups is 1. The van der Waals surface area contributed by atoms with Crippen molar-refractivity contribution in [1.29, 1.82) is 0 Å². The summed E-state index contributed by atoms with van der Waals surface area (Å²) in [6.07, 6.45) is 1.60. The van der Waals surface area contributed by atoms with Crippen molar-refractivity contribution in [2.45, 2.75) is 19.4 Å². The quantitative estimate of drug-likeness (QED) is 0.639. The van der Waals surface area contributed by atoms with Gasteiger partial charge in [0.15, 0.2) is 0 Å². The molecule has 8 heteroatoms. The third kappa shape index (κ3) is 4.15. The summed E-state index contributed by atoms with van der Waals surface area (Å²) in [4.78, 5) is 13.8. The van der Waals surface area contributed by atoms with E-state index in [2.05, 4.69) is 4.72 Å². The fourth-order valence-corrected chi connectivity index (χ4v) is 4.83. The molecule has 30 heavy (non-hydrogen) atoms. The lowest BCUT2D eigenvalue weighted by molar-refractivity contribution is 0.0717. The first-order valence-electron chi connectivity index (χ1n) is 9.41. The molecule has 1 aliphatic rings. The highest BCUT2D eigenvalue weighted by Gasteiger charge is 2.35. The summed E-state index contributed by atoms with van der Waals surface area (Å²) in [6.45, 7) is 2.01. The molecule has 154 valence electrons. The number of para-hydroxylation sites is 1. The Morgan fingerprint density at radius 3 is 2.53 bits per heavy atom. The van der Waals surface area contributed by atoms with Gasteiger partial charge in [-0.25, -0.2) is 13.4 Å². The molecule has 3 aromatic rings. The van der Waals surface area contributed by atoms with Crippen molar-refractivity contribution >= 4 is 38.7 Å². The van der Waals surface area contributed by atoms with Crippen LogP contribution in [-0.2, 0) is 10.0 Å². The zero-order valence-electron chi connectivity index (χ0n) is 16.6. The lowest BCUT2D eigenvalue weighted by Crippen LogP contribution is -2.27. The Kier molecular flexibility index (Phi) is 5.44. The molecule has 1 amide bonds. The van der Waals surface area contributed by atoms with Gasteiger partial charge in [-0.05, 0) is 30.0 Å². The van der Waals surface area contributed by atoms with Crippen LogP contribution >= 0.6 is 11.3 Å². The van der Waals surface area contributed by atoms with Crippen LogP contribution in [0.3, 0.4) is 0 Å². The molecule has 6 nitrogen and oxygen atoms in total. The summed E-state index contributed by atoms with van der Waals surface area (Å²) in [5.41, 5.74) is 4.02. The minimum absolute atomic E-state index is 0.201. The van der Waals surface area contributed by atoms with Crippen molar-refractivity contribution in [1.82, 2.24) is 5.01 Å². The van der Waals surface area contributed by atoms with Crippen LogP contribution in [-0.4, -0.2) is 31.3 Å². The Hall–Kier alpha value is -2.97. The molecule has 0 fully saturated rings. The van der Waals surface area contributed by atoms with Crippen LogP contribution in [0.15, 0.2) is 71.1 Å². The van der Waals surface area contributed by atoms with E-state index in [9.17, 15) is 13.2 Å². The van der Waals surface area contributed by atoms with Crippen LogP contribution in [0.2, 0.25) is 0 Å². The molecule has 4 rings (SSSR count). The number of rotatable bonds is 5. The number of thiophene rings is 1. The van der Waals surface area contributed by atoms with E-state index in [4.69, 9.17) is 5.10 Å². The Bertz CT molecular complexity index is 1220. The van der Waals surface area contributed by atoms with Crippen LogP contribution in [0.25, 0.3) is 0 Å². The number of benzene rings is 2. The van der Waals surface area contributed by atoms with Gasteiger partial charge < -0.3 is 0 Å². The van der Waals surface area contributed by atoms with Gasteiger partial charge in [0.05, 0.1) is 28.6 Å². The molecule has 0 radical (unpaired) electrons. The highest BCUT2D eigenvalue weighted by molar-refractivity contribution is 7.92. The number of hydrazone groups is 1. The van der Waals surface area contributed by atoms with Crippen molar-refractivity contribution in [2.75, 3.05) is 11.0 Å². The average molecular weight is 440 g/mol. The SMILES string of the molecule is Cc1ccccc1C1=NN(C(=O)c2cccs2)[C@@H](c2ccccc2NS(C)(=O)=O)C1. The minimum Gasteiger partial charge on any atom is -0.283 e. The van der Waals surface area contributed by atoms with E-state index < -0.39 is 16.1 Å². The maximum absolute atomic E-state index is 13.2. The van der Waals surface area contributed by atoms with Gasteiger partial charge in [0.25, 0.3) is 5.91 Å². The van der Waals surface area contributed by atoms with Crippen molar-refractivity contribution < 1.29 is 13.2 Å². The molecule has 0 unspecified atom stereocenters. The van der Waals surface area contributed by atoms with Crippen molar-refractivity contribution in [3.05, 3.63) is 87.6 Å². The summed E-state index contributed by atoms with van der Waals surface area (Å²) in [5.74, 6) is -0.201. The third-order valence-corrected chi connectivity index (χ3v) is 6.37. The standard InChI is InChI=1S/C22H21N3O3S2/c1-15-8-3-4-9-16(15)19-14-20(25(23-19)22(26)21-12-7-13-29-21)17-10-5-6-11-18(17)24-30(2,27)28/h3-13,20,24H,14H2,1-2H3/t20-/m1/s1. The second kappa shape index (κ2) is 8.04. The summed E-state index contributed by atoms with van der Waals surface area (Å²) in [7, 11) is -3.47. The molecule has 1 aromatic heterocycles. The summed E-state index contributed by atoms with van der Waals surface area (Å²) in [5, 5.41) is 8.03. The van der Waals surface area contributed by atoms with E-state index in [0.29, 0.717) is 22.5 Å². The lowest BCUT2D eigenvalue weighted by atomic mass is 9.95. The summed E-state index contributed by atoms with van der Waals surface area (Å²) in [6, 6.07) is 18.2. The van der Waals surface area contributed by atoms with E-state index >= 15 is 0 Å². The number of hydrogen-bond donors (Lipinski definition) is 1. The number of nitrogens with one attached hydrogen (secondary N) is 1. The molecule has 0 aliphatic carbocycles. The first-order chi connectivity index (χ1) is 14.3. The van der Waals surface area contributed by atoms with Gasteiger partial charge in [0.1, 0.15) is 0 Å². The zero-order valence-corrected chi connectivity index (χ0v) is 18.2. The Labute approximate surface area is 179 Å². The van der Waals surface area contributed by atoms with Gasteiger partial charge in [0.2, 0.25) is 10.0 Å². The smallest absolute Gasteiger partial charge is 0.283 e. The van der Waals surface area contributed by atoms with E-state index in [1.807, 2.05) is 54.8 Å². The summed E-state index contributed by atoms with van der Waals surface area (Å²) >= 11 is 1.36. The Balaban J connectivity index is 1.79. The fourth-order valence-electron chi connectivity index (χ4n) is 3.59. The largest absolute Gasteiger partial charge is 0.284 e. The molecule has 1 atom stereocenters. The third-order valence-electron chi connectivity index (χ3n) is 4.92. The monoisotopic (exact) mass is 439 g/mol. The number of aryl methyl sites for hydroxylation is 1. The number of carbonyl (C=O) groups excluding carboxylic acids is 1. The highest BCUT2D eigenvalue weighted by atomic mass is 32.2. The van der Waals surface area contributed by atoms with Crippen molar-refractivity contribution in [3.63, 3.8) is 0 Å². The van der Waals surface area contributed by atoms with Gasteiger partial charge >= 0.3 is 0 Å². The molecule has 0 saturated carbocycles. The van der Waals surface area contributed by atoms with E-state index in [1.165, 1.54) is 16.3 Å². The predicted molar refractivity (Wildman–Crippen MR) is 120 cm³/mol. The molecule has 1 aliphatic heterocycles. The number of hydrogen-bond acceptors (Lipinski definition) is 5. The molecule has 0 saturated heterocycles. The molecular weight excluding hydrogens is 418 g/mol. The van der Waals surface area contributed by atoms with Crippen LogP contribution in [0.5, 0.6) is 0 Å². The average Bonchev–Trinajstić information content (AvgIpc) is 3.37. The molecule has 1 N–H and O–H groups in total. The second-order valence-corrected chi connectivity index (χ2v) is 9.87. The van der Waals surface area contributed by atoms with E-state index in [-0.39, 0.29) is 5.91 Å². The van der Waals surface area contributed by atoms with Gasteiger partial charge in [-0.2, -0.15) is 5.10 Å². The van der Waals surface area contributed by atoms with Gasteiger partial charge in [-0.1, -0.05) is 48.5 Å². The maximum atomic E-state index is 13.2. The van der Waals surface area contributed by atoms with Gasteiger partial charge in [-0.3, -0.25) is 9.52 Å². The maximum Gasteiger partial charge on any atom is 0.284 e. The molecule has 0 spiro atoms. The molecule has 2 heterocycles. The van der Waals surface area contributed by atoms with Crippen LogP contribution < -0.4 is 4.72 Å². The second-order valence-electron chi connectivity index (χ2n) is 7.17. The number of sulfonamides is 1. The lowest BCUT2D eigenvalue weighted by Gasteiger charge is -2.23.